The van der Waals surface area contributed by atoms with Crippen LogP contribution in [0.2, 0.25) is 0 Å². The van der Waals surface area contributed by atoms with Crippen LogP contribution < -0.4 is 18.3 Å². The molecule has 32 heteroatoms. The fourth-order valence-corrected chi connectivity index (χ4v) is 5.42. The zero-order chi connectivity index (χ0) is 57.8. The number of aromatic nitrogens is 4. The van der Waals surface area contributed by atoms with Gasteiger partial charge in [0.25, 0.3) is 0 Å². The molecule has 424 valence electrons. The Balaban J connectivity index is 0.000000497. The number of nitrogens with zero attached hydrogens (tertiary/aromatic N) is 4. The summed E-state index contributed by atoms with van der Waals surface area (Å²) >= 11 is 0. The Kier molecular flexibility index (Phi) is 18.9. The van der Waals surface area contributed by atoms with Crippen molar-refractivity contribution in [3.05, 3.63) is 169 Å². The normalized spacial score (nSPS) is 15.8. The molecule has 4 nitrogen and oxygen atoms in total. The van der Waals surface area contributed by atoms with Gasteiger partial charge in [0.05, 0.1) is 0 Å². The van der Waals surface area contributed by atoms with Crippen LogP contribution >= 0.6 is 31.2 Å². The molecule has 0 fully saturated rings. The van der Waals surface area contributed by atoms with Crippen molar-refractivity contribution >= 4 is 31.2 Å². The average Bonchev–Trinajstić information content (AvgIpc) is 3.20. The van der Waals surface area contributed by atoms with E-state index in [9.17, 15) is 101 Å². The second kappa shape index (κ2) is 20.9. The Bertz CT molecular complexity index is 2530. The molecule has 0 saturated heterocycles. The zero-order valence-corrected chi connectivity index (χ0v) is 42.3. The van der Waals surface area contributed by atoms with Gasteiger partial charge in [-0.3, -0.25) is 0 Å². The minimum atomic E-state index is -10.7. The van der Waals surface area contributed by atoms with Crippen molar-refractivity contribution in [2.24, 2.45) is 0 Å². The first-order valence-electron chi connectivity index (χ1n) is 20.7. The zero-order valence-electron chi connectivity index (χ0n) is 38.7. The van der Waals surface area contributed by atoms with Gasteiger partial charge in [-0.15, -0.1) is 0 Å². The van der Waals surface area contributed by atoms with Crippen LogP contribution in [0.25, 0.3) is 22.3 Å². The van der Waals surface area contributed by atoms with E-state index in [4.69, 9.17) is 0 Å². The monoisotopic (exact) mass is 1190 g/mol. The Morgan fingerprint density at radius 3 is 0.743 bits per heavy atom. The van der Waals surface area contributed by atoms with Crippen molar-refractivity contribution < 1.29 is 119 Å². The number of aryl methyl sites for hydroxylation is 2. The van der Waals surface area contributed by atoms with Gasteiger partial charge >= 0.3 is 132 Å². The fourth-order valence-electron chi connectivity index (χ4n) is 5.42. The molecule has 1 atom stereocenters. The number of pyridine rings is 4. The Labute approximate surface area is 407 Å². The third kappa shape index (κ3) is 46.8. The quantitative estimate of drug-likeness (QED) is 0.0738. The van der Waals surface area contributed by atoms with Crippen molar-refractivity contribution in [3.8, 4) is 22.3 Å². The molecule has 0 radical (unpaired) electrons. The Hall–Kier alpha value is -4.92. The van der Waals surface area contributed by atoms with Gasteiger partial charge in [0.1, 0.15) is 13.1 Å². The summed E-state index contributed by atoms with van der Waals surface area (Å²) in [4.78, 5) is 0. The first-order valence-corrected chi connectivity index (χ1v) is 28.8. The third-order valence-corrected chi connectivity index (χ3v) is 8.70. The second-order valence-corrected chi connectivity index (χ2v) is 23.4. The molecule has 0 bridgehead atoms. The first kappa shape index (κ1) is 67.1. The molecule has 1 unspecified atom stereocenters. The van der Waals surface area contributed by atoms with Gasteiger partial charge in [-0.05, 0) is 54.0 Å². The second-order valence-electron chi connectivity index (χ2n) is 15.7. The summed E-state index contributed by atoms with van der Waals surface area (Å²) in [6.45, 7) is 12.7. The van der Waals surface area contributed by atoms with Gasteiger partial charge < -0.3 is 0 Å². The van der Waals surface area contributed by atoms with Crippen molar-refractivity contribution in [2.75, 3.05) is 0 Å². The van der Waals surface area contributed by atoms with E-state index in [1.165, 1.54) is 45.4 Å². The van der Waals surface area contributed by atoms with E-state index in [-0.39, 0.29) is 0 Å². The van der Waals surface area contributed by atoms with E-state index < -0.39 is 31.2 Å². The molecule has 4 heterocycles. The van der Waals surface area contributed by atoms with Gasteiger partial charge in [0.15, 0.2) is 62.7 Å². The van der Waals surface area contributed by atoms with Gasteiger partial charge in [-0.2, -0.15) is 0 Å². The molecule has 2 aromatic carbocycles. The molecule has 6 aromatic rings. The van der Waals surface area contributed by atoms with E-state index in [1.807, 2.05) is 0 Å². The third-order valence-electron chi connectivity index (χ3n) is 8.70. The Morgan fingerprint density at radius 2 is 0.527 bits per heavy atom. The SMILES string of the molecule is CCC(C)c1ccc(C[n+]2ccc(-c3cc[n+](CC)cc3)cc2)cc1.CC[n+]1ccc(-c2cc[n+](Cc3ccccc3)cc2)cc1.F[P-](F)(F)(F)(F)F.F[P-](F)(F)(F)(F)F.F[P-](F)(F)(F)(F)F.F[P-](F)(F)(F)(F)F. The molecule has 74 heavy (non-hydrogen) atoms. The van der Waals surface area contributed by atoms with Crippen LogP contribution in [-0.2, 0) is 26.2 Å². The van der Waals surface area contributed by atoms with Crippen molar-refractivity contribution in [1.29, 1.82) is 0 Å². The fraction of sp³-hybridized carbons (Fsp3) is 0.238. The maximum absolute atomic E-state index is 10.7. The number of benzene rings is 2. The van der Waals surface area contributed by atoms with Gasteiger partial charge in [-0.1, -0.05) is 68.4 Å². The van der Waals surface area contributed by atoms with Crippen molar-refractivity contribution in [2.45, 2.75) is 66.2 Å². The maximum atomic E-state index is 9.87. The van der Waals surface area contributed by atoms with Gasteiger partial charge in [-0.25, -0.2) is 18.3 Å². The van der Waals surface area contributed by atoms with Crippen LogP contribution in [0.15, 0.2) is 153 Å². The van der Waals surface area contributed by atoms with E-state index in [0.29, 0.717) is 5.92 Å². The van der Waals surface area contributed by atoms with Crippen LogP contribution in [-0.4, -0.2) is 0 Å². The summed E-state index contributed by atoms with van der Waals surface area (Å²) in [6, 6.07) is 37.0. The predicted molar refractivity (Wildman–Crippen MR) is 240 cm³/mol. The van der Waals surface area contributed by atoms with E-state index in [1.54, 1.807) is 0 Å². The minimum absolute atomic E-state index is 0.637. The molecule has 6 rings (SSSR count). The van der Waals surface area contributed by atoms with Crippen molar-refractivity contribution in [1.82, 2.24) is 0 Å². The van der Waals surface area contributed by atoms with Crippen LogP contribution in [0.4, 0.5) is 101 Å². The molecule has 0 aliphatic rings. The van der Waals surface area contributed by atoms with E-state index in [2.05, 4.69) is 199 Å². The molecular formula is C42H48F24N4P4. The number of halogens is 24. The van der Waals surface area contributed by atoms with Crippen LogP contribution in [0.1, 0.15) is 56.7 Å². The molecule has 0 N–H and O–H groups in total. The topological polar surface area (TPSA) is 15.5 Å². The molecule has 4 aromatic heterocycles. The number of rotatable bonds is 10. The van der Waals surface area contributed by atoms with Crippen molar-refractivity contribution in [3.63, 3.8) is 0 Å². The summed E-state index contributed by atoms with van der Waals surface area (Å²) in [5, 5.41) is 0. The summed E-state index contributed by atoms with van der Waals surface area (Å²) in [5.74, 6) is 0.637. The van der Waals surface area contributed by atoms with E-state index in [0.717, 1.165) is 26.2 Å². The summed E-state index contributed by atoms with van der Waals surface area (Å²) in [5.41, 5.74) is 9.11. The number of hydrogen-bond donors (Lipinski definition) is 0. The molecule has 0 amide bonds. The summed E-state index contributed by atoms with van der Waals surface area (Å²) < 4.78 is 246. The molecule has 0 spiro atoms. The van der Waals surface area contributed by atoms with Crippen LogP contribution in [0.3, 0.4) is 0 Å². The number of hydrogen-bond acceptors (Lipinski definition) is 0. The first-order chi connectivity index (χ1) is 32.3. The molecule has 0 aliphatic heterocycles. The molecular weight excluding hydrogens is 1140 g/mol. The summed E-state index contributed by atoms with van der Waals surface area (Å²) in [7, 11) is -42.6. The predicted octanol–water partition coefficient (Wildman–Crippen LogP) is 21.0. The van der Waals surface area contributed by atoms with E-state index >= 15 is 0 Å². The van der Waals surface area contributed by atoms with Gasteiger partial charge in [0.2, 0.25) is 0 Å². The summed E-state index contributed by atoms with van der Waals surface area (Å²) in [6.07, 6.45) is 18.3. The standard InChI is InChI=1S/C23H28N2.C19H20N2.4F6P/c1-4-19(3)21-8-6-20(7-9-21)18-25-16-12-23(13-17-25)22-10-14-24(5-2)15-11-22;1-2-20-12-8-18(9-13-20)19-10-14-21(15-11-19)16-17-6-4-3-5-7-17;4*1-7(2,3,4,5)6/h6-17,19H,4-5,18H2,1-3H3;3-15H,2,16H2,1H3;;;;/q2*+2;4*-1. The molecule has 0 saturated carbocycles. The van der Waals surface area contributed by atoms with Crippen LogP contribution in [0.5, 0.6) is 0 Å². The van der Waals surface area contributed by atoms with Crippen LogP contribution in [0, 0.1) is 0 Å². The molecule has 0 aliphatic carbocycles. The average molecular weight is 1190 g/mol. The Morgan fingerprint density at radius 1 is 0.311 bits per heavy atom. The van der Waals surface area contributed by atoms with Gasteiger partial charge in [0, 0.05) is 59.7 Å².